The van der Waals surface area contributed by atoms with Crippen LogP contribution in [0.4, 0.5) is 0 Å². The molecule has 0 amide bonds. The van der Waals surface area contributed by atoms with Crippen molar-refractivity contribution in [3.05, 3.63) is 138 Å². The number of hydrogen-bond donors (Lipinski definition) is 0. The number of benzene rings is 3. The highest BCUT2D eigenvalue weighted by molar-refractivity contribution is 5.95. The van der Waals surface area contributed by atoms with Gasteiger partial charge in [-0.25, -0.2) is 4.85 Å². The molecule has 8 heteroatoms. The number of nitrogens with zero attached hydrogens (tertiary/aromatic N) is 8. The van der Waals surface area contributed by atoms with E-state index in [1.165, 1.54) is 0 Å². The monoisotopic (exact) mass is 532 g/mol. The molecule has 2 aliphatic carbocycles. The molecule has 3 aromatic rings. The minimum absolute atomic E-state index is 0.0589. The van der Waals surface area contributed by atoms with Crippen molar-refractivity contribution in [2.75, 3.05) is 0 Å². The predicted molar refractivity (Wildman–Crippen MR) is 151 cm³/mol. The van der Waals surface area contributed by atoms with E-state index in [1.54, 1.807) is 48.5 Å². The Morgan fingerprint density at radius 2 is 1.10 bits per heavy atom. The van der Waals surface area contributed by atoms with E-state index in [4.69, 9.17) is 19.7 Å². The van der Waals surface area contributed by atoms with Crippen LogP contribution in [-0.4, -0.2) is 0 Å². The quantitative estimate of drug-likeness (QED) is 0.339. The lowest BCUT2D eigenvalue weighted by molar-refractivity contribution is 1.18. The van der Waals surface area contributed by atoms with Crippen molar-refractivity contribution in [1.29, 1.82) is 26.3 Å². The fourth-order valence-electron chi connectivity index (χ4n) is 5.60. The van der Waals surface area contributed by atoms with Gasteiger partial charge >= 0.3 is 5.82 Å². The Bertz CT molecular complexity index is 2100. The molecule has 0 spiro atoms. The van der Waals surface area contributed by atoms with E-state index in [1.807, 2.05) is 12.1 Å². The van der Waals surface area contributed by atoms with Gasteiger partial charge in [-0.3, -0.25) is 0 Å². The lowest BCUT2D eigenvalue weighted by Crippen LogP contribution is -2.24. The zero-order chi connectivity index (χ0) is 30.0. The van der Waals surface area contributed by atoms with E-state index in [9.17, 15) is 26.3 Å². The zero-order valence-corrected chi connectivity index (χ0v) is 21.6. The van der Waals surface area contributed by atoms with Gasteiger partial charge in [0.05, 0.1) is 41.0 Å². The Morgan fingerprint density at radius 3 is 1.52 bits per heavy atom. The van der Waals surface area contributed by atoms with Crippen molar-refractivity contribution >= 4 is 11.3 Å². The summed E-state index contributed by atoms with van der Waals surface area (Å²) in [6.07, 6.45) is 0.129. The Balaban J connectivity index is 2.13. The van der Waals surface area contributed by atoms with Gasteiger partial charge in [0.1, 0.15) is 36.9 Å². The van der Waals surface area contributed by atoms with Crippen molar-refractivity contribution in [3.8, 4) is 52.6 Å². The van der Waals surface area contributed by atoms with Gasteiger partial charge < -0.3 is 0 Å². The van der Waals surface area contributed by atoms with Crippen LogP contribution >= 0.6 is 0 Å². The lowest BCUT2D eigenvalue weighted by Gasteiger charge is -2.17. The van der Waals surface area contributed by atoms with Crippen LogP contribution in [0.3, 0.4) is 0 Å². The maximum Gasteiger partial charge on any atom is 0.512 e. The summed E-state index contributed by atoms with van der Waals surface area (Å²) in [5.74, 6) is -0.227. The second kappa shape index (κ2) is 10.5. The lowest BCUT2D eigenvalue weighted by atomic mass is 9.86. The highest BCUT2D eigenvalue weighted by Gasteiger charge is 2.35. The number of nitriles is 5. The largest absolute Gasteiger partial charge is 0.512 e. The molecule has 0 bridgehead atoms. The van der Waals surface area contributed by atoms with Crippen LogP contribution in [-0.2, 0) is 12.8 Å². The minimum atomic E-state index is -0.227. The first-order valence-corrected chi connectivity index (χ1v) is 12.3. The van der Waals surface area contributed by atoms with Gasteiger partial charge in [0.15, 0.2) is 5.70 Å². The molecule has 0 unspecified atom stereocenters. The summed E-state index contributed by atoms with van der Waals surface area (Å²) in [6, 6.07) is 23.6. The van der Waals surface area contributed by atoms with Crippen molar-refractivity contribution in [2.24, 2.45) is 0 Å². The molecule has 0 saturated carbocycles. The van der Waals surface area contributed by atoms with Gasteiger partial charge in [0.25, 0.3) is 0 Å². The fourth-order valence-corrected chi connectivity index (χ4v) is 5.60. The Hall–Kier alpha value is -7.20. The Kier molecular flexibility index (Phi) is 6.61. The summed E-state index contributed by atoms with van der Waals surface area (Å²) in [7, 11) is 0. The molecule has 0 saturated heterocycles. The van der Waals surface area contributed by atoms with E-state index in [0.29, 0.717) is 54.9 Å². The summed E-state index contributed by atoms with van der Waals surface area (Å²) in [5, 5.41) is 49.6. The number of hydrogen-bond acceptors (Lipinski definition) is 5. The van der Waals surface area contributed by atoms with Crippen LogP contribution in [0.25, 0.3) is 48.1 Å². The highest BCUT2D eigenvalue weighted by Crippen LogP contribution is 2.39. The zero-order valence-electron chi connectivity index (χ0n) is 21.6. The second-order valence-corrected chi connectivity index (χ2v) is 9.24. The molecular formula is C34H12N8. The summed E-state index contributed by atoms with van der Waals surface area (Å²) < 4.78 is 0. The van der Waals surface area contributed by atoms with Crippen LogP contribution in [0, 0.1) is 76.4 Å². The van der Waals surface area contributed by atoms with Gasteiger partial charge in [-0.1, -0.05) is 24.3 Å². The SMILES string of the molecule is [C-]#[N+]C([N+]#[C-])=C1Cc2c(-c3ccc(C#N)cc3)c3c(c(-c4ccc(C#N)cc4)c2=C1[N+]#[C-])CC(=C(C#N)C#N)C=3C#N. The number of rotatable bonds is 2. The molecule has 5 rings (SSSR count). The summed E-state index contributed by atoms with van der Waals surface area (Å²) in [4.78, 5) is 10.6. The third-order valence-electron chi connectivity index (χ3n) is 7.32. The first kappa shape index (κ1) is 26.4. The van der Waals surface area contributed by atoms with E-state index in [2.05, 4.69) is 32.7 Å². The van der Waals surface area contributed by atoms with Gasteiger partial charge in [0, 0.05) is 17.2 Å². The third-order valence-corrected chi connectivity index (χ3v) is 7.32. The molecule has 0 fully saturated rings. The average molecular weight is 533 g/mol. The molecule has 3 aromatic carbocycles. The van der Waals surface area contributed by atoms with E-state index in [-0.39, 0.29) is 46.7 Å². The molecule has 8 nitrogen and oxygen atoms in total. The normalized spacial score (nSPS) is 12.2. The maximum atomic E-state index is 10.4. The molecule has 0 atom stereocenters. The van der Waals surface area contributed by atoms with E-state index < -0.39 is 0 Å². The Morgan fingerprint density at radius 1 is 0.619 bits per heavy atom. The van der Waals surface area contributed by atoms with E-state index in [0.717, 1.165) is 0 Å². The second-order valence-electron chi connectivity index (χ2n) is 9.24. The summed E-state index contributed by atoms with van der Waals surface area (Å²) in [5.41, 5.74) is 5.14. The van der Waals surface area contributed by atoms with Crippen LogP contribution in [0.2, 0.25) is 0 Å². The van der Waals surface area contributed by atoms with Gasteiger partial charge in [0.2, 0.25) is 0 Å². The van der Waals surface area contributed by atoms with Crippen molar-refractivity contribution in [1.82, 2.24) is 0 Å². The smallest absolute Gasteiger partial charge is 0.238 e. The molecule has 0 heterocycles. The maximum absolute atomic E-state index is 10.4. The molecule has 2 aliphatic rings. The van der Waals surface area contributed by atoms with Gasteiger partial charge in [-0.2, -0.15) is 36.0 Å². The molecule has 0 radical (unpaired) electrons. The van der Waals surface area contributed by atoms with E-state index >= 15 is 0 Å². The molecule has 0 N–H and O–H groups in total. The van der Waals surface area contributed by atoms with Crippen molar-refractivity contribution in [3.63, 3.8) is 0 Å². The number of allylic oxidation sites excluding steroid dienone is 2. The summed E-state index contributed by atoms with van der Waals surface area (Å²) in [6.45, 7) is 23.3. The van der Waals surface area contributed by atoms with Gasteiger partial charge in [-0.15, -0.1) is 0 Å². The summed E-state index contributed by atoms with van der Waals surface area (Å²) >= 11 is 0. The first-order valence-electron chi connectivity index (χ1n) is 12.3. The minimum Gasteiger partial charge on any atom is -0.238 e. The average Bonchev–Trinajstić information content (AvgIpc) is 3.60. The molecule has 42 heavy (non-hydrogen) atoms. The number of fused-ring (bicyclic) bond motifs is 2. The fraction of sp³-hybridized carbons (Fsp3) is 0.0588. The predicted octanol–water partition coefficient (Wildman–Crippen LogP) is 4.97. The molecule has 0 aliphatic heterocycles. The van der Waals surface area contributed by atoms with Crippen LogP contribution in [0.5, 0.6) is 0 Å². The topological polar surface area (TPSA) is 132 Å². The molecule has 0 aromatic heterocycles. The standard InChI is InChI=1S/C34H12N8/c1-40-33-27(34(41-2)42-3)13-26-29(21-8-4-19(14-35)5-9-21)31-25(12-24(28(31)18-39)23(16-37)17-38)30(32(26)33)22-10-6-20(15-36)7-11-22/h4-11H,12-13H2. The highest BCUT2D eigenvalue weighted by atomic mass is 14.9. The Labute approximate surface area is 240 Å². The van der Waals surface area contributed by atoms with Crippen molar-refractivity contribution in [2.45, 2.75) is 12.8 Å². The van der Waals surface area contributed by atoms with Crippen LogP contribution in [0.15, 0.2) is 71.1 Å². The third kappa shape index (κ3) is 3.85. The van der Waals surface area contributed by atoms with Crippen molar-refractivity contribution < 1.29 is 0 Å². The molecular weight excluding hydrogens is 520 g/mol. The van der Waals surface area contributed by atoms with Crippen LogP contribution in [0.1, 0.15) is 22.3 Å². The van der Waals surface area contributed by atoms with Gasteiger partial charge in [-0.05, 0) is 69.3 Å². The first-order chi connectivity index (χ1) is 20.5. The molecule has 188 valence electrons. The van der Waals surface area contributed by atoms with Crippen LogP contribution < -0.4 is 10.4 Å².